The van der Waals surface area contributed by atoms with Gasteiger partial charge < -0.3 is 4.74 Å². The van der Waals surface area contributed by atoms with Crippen molar-refractivity contribution in [2.45, 2.75) is 30.2 Å². The van der Waals surface area contributed by atoms with E-state index in [1.54, 1.807) is 0 Å². The van der Waals surface area contributed by atoms with Crippen molar-refractivity contribution >= 4 is 16.0 Å². The molecule has 0 radical (unpaired) electrons. The Morgan fingerprint density at radius 3 is 2.43 bits per heavy atom. The number of hydrogen-bond acceptors (Lipinski definition) is 4. The Morgan fingerprint density at radius 1 is 1.24 bits per heavy atom. The summed E-state index contributed by atoms with van der Waals surface area (Å²) in [5.41, 5.74) is 0. The average Bonchev–Trinajstić information content (AvgIpc) is 2.45. The fourth-order valence-corrected chi connectivity index (χ4v) is 4.07. The Bertz CT molecular complexity index is 627. The van der Waals surface area contributed by atoms with Gasteiger partial charge in [0.1, 0.15) is 17.7 Å². The monoisotopic (exact) mass is 319 g/mol. The van der Waals surface area contributed by atoms with Crippen LogP contribution in [0.15, 0.2) is 23.1 Å². The van der Waals surface area contributed by atoms with E-state index in [2.05, 4.69) is 4.74 Å². The van der Waals surface area contributed by atoms with Crippen molar-refractivity contribution in [3.05, 3.63) is 29.8 Å². The van der Waals surface area contributed by atoms with Gasteiger partial charge >= 0.3 is 5.97 Å². The highest BCUT2D eigenvalue weighted by atomic mass is 32.2. The summed E-state index contributed by atoms with van der Waals surface area (Å²) in [5.74, 6) is -2.64. The van der Waals surface area contributed by atoms with Crippen molar-refractivity contribution in [3.8, 4) is 0 Å². The van der Waals surface area contributed by atoms with Gasteiger partial charge in [-0.2, -0.15) is 4.31 Å². The molecule has 5 nitrogen and oxygen atoms in total. The second kappa shape index (κ2) is 6.07. The maximum absolute atomic E-state index is 13.2. The summed E-state index contributed by atoms with van der Waals surface area (Å²) in [6, 6.07) is 1.11. The number of carbonyl (C=O) groups excluding carboxylic acids is 1. The molecule has 0 spiro atoms. The van der Waals surface area contributed by atoms with Crippen molar-refractivity contribution in [2.24, 2.45) is 0 Å². The van der Waals surface area contributed by atoms with Gasteiger partial charge in [-0.1, -0.05) is 0 Å². The van der Waals surface area contributed by atoms with E-state index in [4.69, 9.17) is 0 Å². The second-order valence-electron chi connectivity index (χ2n) is 4.76. The van der Waals surface area contributed by atoms with E-state index in [-0.39, 0.29) is 6.54 Å². The Hall–Kier alpha value is -1.54. The summed E-state index contributed by atoms with van der Waals surface area (Å²) >= 11 is 0. The average molecular weight is 319 g/mol. The van der Waals surface area contributed by atoms with E-state index in [1.165, 1.54) is 7.11 Å². The number of halogens is 2. The first-order chi connectivity index (χ1) is 9.86. The van der Waals surface area contributed by atoms with Crippen molar-refractivity contribution < 1.29 is 26.7 Å². The molecule has 8 heteroatoms. The molecule has 1 saturated heterocycles. The van der Waals surface area contributed by atoms with Crippen LogP contribution < -0.4 is 0 Å². The number of esters is 1. The van der Waals surface area contributed by atoms with Crippen LogP contribution in [0.5, 0.6) is 0 Å². The third-order valence-electron chi connectivity index (χ3n) is 3.37. The molecule has 116 valence electrons. The molecule has 1 aliphatic rings. The predicted molar refractivity (Wildman–Crippen MR) is 69.9 cm³/mol. The third-order valence-corrected chi connectivity index (χ3v) is 5.26. The molecule has 0 N–H and O–H groups in total. The minimum atomic E-state index is -4.16. The van der Waals surface area contributed by atoms with Gasteiger partial charge in [-0.3, -0.25) is 4.79 Å². The number of sulfonamides is 1. The Kier molecular flexibility index (Phi) is 4.58. The normalized spacial score (nSPS) is 20.2. The molecule has 0 aromatic heterocycles. The molecule has 0 bridgehead atoms. The number of piperidine rings is 1. The number of carbonyl (C=O) groups is 1. The van der Waals surface area contributed by atoms with Crippen LogP contribution in [0.4, 0.5) is 8.78 Å². The number of rotatable bonds is 3. The van der Waals surface area contributed by atoms with Crippen molar-refractivity contribution in [2.75, 3.05) is 13.7 Å². The molecule has 1 aromatic carbocycles. The van der Waals surface area contributed by atoms with Gasteiger partial charge in [0.15, 0.2) is 0 Å². The van der Waals surface area contributed by atoms with E-state index in [0.29, 0.717) is 25.3 Å². The molecular formula is C13H15F2NO4S. The first-order valence-corrected chi connectivity index (χ1v) is 7.86. The molecule has 0 unspecified atom stereocenters. The number of nitrogens with zero attached hydrogens (tertiary/aromatic N) is 1. The molecule has 0 aliphatic carbocycles. The lowest BCUT2D eigenvalue weighted by Crippen LogP contribution is -2.48. The summed E-state index contributed by atoms with van der Waals surface area (Å²) in [4.78, 5) is 11.2. The molecule has 1 atom stereocenters. The summed E-state index contributed by atoms with van der Waals surface area (Å²) in [6.45, 7) is 0.111. The summed E-state index contributed by atoms with van der Waals surface area (Å²) < 4.78 is 57.0. The molecular weight excluding hydrogens is 304 g/mol. The van der Waals surface area contributed by atoms with Gasteiger partial charge in [-0.05, 0) is 31.4 Å². The van der Waals surface area contributed by atoms with E-state index in [1.807, 2.05) is 0 Å². The fraction of sp³-hybridized carbons (Fsp3) is 0.462. The van der Waals surface area contributed by atoms with Crippen LogP contribution in [0.2, 0.25) is 0 Å². The van der Waals surface area contributed by atoms with E-state index in [9.17, 15) is 22.0 Å². The first-order valence-electron chi connectivity index (χ1n) is 6.42. The number of hydrogen-bond donors (Lipinski definition) is 0. The fourth-order valence-electron chi connectivity index (χ4n) is 2.38. The summed E-state index contributed by atoms with van der Waals surface area (Å²) in [7, 11) is -2.99. The van der Waals surface area contributed by atoms with Crippen molar-refractivity contribution in [3.63, 3.8) is 0 Å². The van der Waals surface area contributed by atoms with Gasteiger partial charge in [-0.15, -0.1) is 0 Å². The zero-order valence-corrected chi connectivity index (χ0v) is 12.2. The van der Waals surface area contributed by atoms with Crippen molar-refractivity contribution in [1.82, 2.24) is 4.31 Å². The molecule has 1 aliphatic heterocycles. The van der Waals surface area contributed by atoms with E-state index >= 15 is 0 Å². The highest BCUT2D eigenvalue weighted by Gasteiger charge is 2.38. The number of ether oxygens (including phenoxy) is 1. The number of benzene rings is 1. The summed E-state index contributed by atoms with van der Waals surface area (Å²) in [5, 5.41) is 0. The van der Waals surface area contributed by atoms with Gasteiger partial charge in [0.2, 0.25) is 10.0 Å². The maximum Gasteiger partial charge on any atom is 0.324 e. The molecule has 0 saturated carbocycles. The minimum absolute atomic E-state index is 0.111. The lowest BCUT2D eigenvalue weighted by atomic mass is 10.1. The van der Waals surface area contributed by atoms with Crippen LogP contribution in [0.3, 0.4) is 0 Å². The zero-order chi connectivity index (χ0) is 15.6. The predicted octanol–water partition coefficient (Wildman–Crippen LogP) is 1.68. The molecule has 21 heavy (non-hydrogen) atoms. The largest absolute Gasteiger partial charge is 0.468 e. The molecule has 1 aromatic rings. The third kappa shape index (κ3) is 3.21. The van der Waals surface area contributed by atoms with Crippen LogP contribution in [-0.2, 0) is 19.6 Å². The highest BCUT2D eigenvalue weighted by molar-refractivity contribution is 7.89. The lowest BCUT2D eigenvalue weighted by molar-refractivity contribution is -0.146. The lowest BCUT2D eigenvalue weighted by Gasteiger charge is -2.32. The molecule has 1 fully saturated rings. The van der Waals surface area contributed by atoms with E-state index < -0.39 is 38.6 Å². The molecule has 0 amide bonds. The smallest absolute Gasteiger partial charge is 0.324 e. The highest BCUT2D eigenvalue weighted by Crippen LogP contribution is 2.26. The Balaban J connectivity index is 2.42. The standard InChI is InChI=1S/C13H15F2NO4S/c1-20-13(17)12-4-2-3-5-16(12)21(18,19)11-7-9(14)6-10(15)8-11/h6-8,12H,2-5H2,1H3/t12-/m1/s1. The van der Waals surface area contributed by atoms with Crippen LogP contribution in [0.25, 0.3) is 0 Å². The minimum Gasteiger partial charge on any atom is -0.468 e. The zero-order valence-electron chi connectivity index (χ0n) is 11.4. The van der Waals surface area contributed by atoms with Gasteiger partial charge in [-0.25, -0.2) is 17.2 Å². The van der Waals surface area contributed by atoms with Crippen LogP contribution in [0, 0.1) is 11.6 Å². The van der Waals surface area contributed by atoms with Crippen LogP contribution in [0.1, 0.15) is 19.3 Å². The maximum atomic E-state index is 13.2. The van der Waals surface area contributed by atoms with Crippen LogP contribution in [-0.4, -0.2) is 38.4 Å². The Labute approximate surface area is 121 Å². The second-order valence-corrected chi connectivity index (χ2v) is 6.65. The summed E-state index contributed by atoms with van der Waals surface area (Å²) in [6.07, 6.45) is 1.58. The van der Waals surface area contributed by atoms with Gasteiger partial charge in [0.05, 0.1) is 12.0 Å². The quantitative estimate of drug-likeness (QED) is 0.795. The van der Waals surface area contributed by atoms with Gasteiger partial charge in [0.25, 0.3) is 0 Å². The Morgan fingerprint density at radius 2 is 1.86 bits per heavy atom. The molecule has 2 rings (SSSR count). The first kappa shape index (κ1) is 15.8. The van der Waals surface area contributed by atoms with Crippen LogP contribution >= 0.6 is 0 Å². The topological polar surface area (TPSA) is 63.7 Å². The van der Waals surface area contributed by atoms with Gasteiger partial charge in [0, 0.05) is 12.6 Å². The SMILES string of the molecule is COC(=O)[C@H]1CCCCN1S(=O)(=O)c1cc(F)cc(F)c1. The van der Waals surface area contributed by atoms with Crippen molar-refractivity contribution in [1.29, 1.82) is 0 Å². The van der Waals surface area contributed by atoms with E-state index in [0.717, 1.165) is 16.4 Å². The number of methoxy groups -OCH3 is 1. The molecule has 1 heterocycles.